The zero-order chi connectivity index (χ0) is 14.6. The van der Waals surface area contributed by atoms with Crippen molar-refractivity contribution in [2.75, 3.05) is 5.32 Å². The largest absolute Gasteiger partial charge is 0.381 e. The van der Waals surface area contributed by atoms with E-state index in [0.29, 0.717) is 6.04 Å². The van der Waals surface area contributed by atoms with Gasteiger partial charge in [0.1, 0.15) is 8.07 Å². The van der Waals surface area contributed by atoms with Crippen molar-refractivity contribution in [3.8, 4) is 17.5 Å². The lowest BCUT2D eigenvalue weighted by atomic mass is 10.1. The average molecular weight is 282 g/mol. The average Bonchev–Trinajstić information content (AvgIpc) is 2.84. The molecule has 0 heterocycles. The van der Waals surface area contributed by atoms with Gasteiger partial charge in [-0.15, -0.1) is 5.54 Å². The van der Waals surface area contributed by atoms with Crippen molar-refractivity contribution in [2.24, 2.45) is 5.92 Å². The molecule has 0 radical (unpaired) electrons. The molecule has 1 aliphatic rings. The van der Waals surface area contributed by atoms with Gasteiger partial charge in [0, 0.05) is 17.3 Å². The number of nitrogens with one attached hydrogen (secondary N) is 1. The molecule has 20 heavy (non-hydrogen) atoms. The summed E-state index contributed by atoms with van der Waals surface area (Å²) in [6.07, 6.45) is 3.26. The lowest BCUT2D eigenvalue weighted by Gasteiger charge is -2.16. The number of benzene rings is 1. The van der Waals surface area contributed by atoms with Crippen LogP contribution in [0, 0.1) is 28.7 Å². The Morgan fingerprint density at radius 1 is 1.15 bits per heavy atom. The highest BCUT2D eigenvalue weighted by molar-refractivity contribution is 6.83. The van der Waals surface area contributed by atoms with Crippen molar-refractivity contribution in [1.82, 2.24) is 0 Å². The van der Waals surface area contributed by atoms with Crippen molar-refractivity contribution < 1.29 is 0 Å². The third kappa shape index (κ3) is 4.15. The fraction of sp³-hybridized carbons (Fsp3) is 0.471. The van der Waals surface area contributed by atoms with Gasteiger partial charge in [0.2, 0.25) is 0 Å². The summed E-state index contributed by atoms with van der Waals surface area (Å²) < 4.78 is 0. The molecule has 1 aliphatic carbocycles. The van der Waals surface area contributed by atoms with Crippen LogP contribution in [0.15, 0.2) is 24.3 Å². The Hall–Kier alpha value is -1.71. The molecule has 1 aromatic rings. The quantitative estimate of drug-likeness (QED) is 0.657. The smallest absolute Gasteiger partial charge is 0.129 e. The zero-order valence-corrected chi connectivity index (χ0v) is 13.5. The Kier molecular flexibility index (Phi) is 4.52. The lowest BCUT2D eigenvalue weighted by Crippen LogP contribution is -2.22. The fourth-order valence-corrected chi connectivity index (χ4v) is 2.93. The Morgan fingerprint density at radius 2 is 1.85 bits per heavy atom. The first-order valence-electron chi connectivity index (χ1n) is 7.27. The molecule has 0 saturated heterocycles. The first-order chi connectivity index (χ1) is 9.48. The zero-order valence-electron chi connectivity index (χ0n) is 12.5. The van der Waals surface area contributed by atoms with Crippen LogP contribution in [0.5, 0.6) is 0 Å². The number of hydrogen-bond donors (Lipinski definition) is 1. The first kappa shape index (κ1) is 14.7. The molecule has 1 fully saturated rings. The monoisotopic (exact) mass is 282 g/mol. The molecule has 2 nitrogen and oxygen atoms in total. The van der Waals surface area contributed by atoms with Crippen molar-refractivity contribution in [2.45, 2.75) is 44.9 Å². The van der Waals surface area contributed by atoms with Gasteiger partial charge in [0.25, 0.3) is 0 Å². The highest BCUT2D eigenvalue weighted by Gasteiger charge is 2.26. The van der Waals surface area contributed by atoms with E-state index in [4.69, 9.17) is 5.26 Å². The van der Waals surface area contributed by atoms with Gasteiger partial charge >= 0.3 is 0 Å². The summed E-state index contributed by atoms with van der Waals surface area (Å²) in [5, 5.41) is 12.6. The van der Waals surface area contributed by atoms with Crippen LogP contribution in [0.1, 0.15) is 24.8 Å². The van der Waals surface area contributed by atoms with E-state index in [1.165, 1.54) is 0 Å². The summed E-state index contributed by atoms with van der Waals surface area (Å²) in [4.78, 5) is 0. The van der Waals surface area contributed by atoms with Gasteiger partial charge < -0.3 is 5.32 Å². The van der Waals surface area contributed by atoms with Gasteiger partial charge in [-0.25, -0.2) is 0 Å². The Morgan fingerprint density at radius 3 is 2.45 bits per heavy atom. The fourth-order valence-electron chi connectivity index (χ4n) is 2.41. The molecule has 0 aliphatic heterocycles. The molecule has 1 aromatic carbocycles. The maximum absolute atomic E-state index is 9.10. The molecule has 2 rings (SSSR count). The molecular weight excluding hydrogens is 260 g/mol. The van der Waals surface area contributed by atoms with Gasteiger partial charge in [-0.05, 0) is 43.5 Å². The van der Waals surface area contributed by atoms with Crippen LogP contribution in [-0.2, 0) is 0 Å². The van der Waals surface area contributed by atoms with Crippen LogP contribution in [-0.4, -0.2) is 14.1 Å². The standard InChI is InChI=1S/C17H22N2Si/c1-20(2,3)12-11-14-7-9-16(10-8-14)19-17-6-4-5-15(17)13-18/h7-10,15,17,19H,4-6H2,1-3H3. The summed E-state index contributed by atoms with van der Waals surface area (Å²) in [6, 6.07) is 11.0. The number of anilines is 1. The highest BCUT2D eigenvalue weighted by atomic mass is 28.3. The van der Waals surface area contributed by atoms with Gasteiger partial charge in [-0.3, -0.25) is 0 Å². The van der Waals surface area contributed by atoms with E-state index in [-0.39, 0.29) is 5.92 Å². The van der Waals surface area contributed by atoms with Crippen molar-refractivity contribution in [3.63, 3.8) is 0 Å². The Bertz CT molecular complexity index is 552. The minimum Gasteiger partial charge on any atom is -0.381 e. The second-order valence-corrected chi connectivity index (χ2v) is 11.2. The number of nitrogens with zero attached hydrogens (tertiary/aromatic N) is 1. The summed E-state index contributed by atoms with van der Waals surface area (Å²) in [5.74, 6) is 3.41. The molecule has 2 unspecified atom stereocenters. The molecule has 1 saturated carbocycles. The Labute approximate surface area is 123 Å². The van der Waals surface area contributed by atoms with Crippen LogP contribution in [0.4, 0.5) is 5.69 Å². The summed E-state index contributed by atoms with van der Waals surface area (Å²) in [6.45, 7) is 6.74. The predicted molar refractivity (Wildman–Crippen MR) is 87.0 cm³/mol. The van der Waals surface area contributed by atoms with Crippen molar-refractivity contribution >= 4 is 13.8 Å². The molecule has 0 aromatic heterocycles. The third-order valence-electron chi connectivity index (χ3n) is 3.50. The minimum absolute atomic E-state index is 0.154. The summed E-state index contributed by atoms with van der Waals surface area (Å²) in [5.41, 5.74) is 5.54. The second kappa shape index (κ2) is 6.16. The van der Waals surface area contributed by atoms with E-state index >= 15 is 0 Å². The van der Waals surface area contributed by atoms with Gasteiger partial charge in [-0.2, -0.15) is 5.26 Å². The molecule has 104 valence electrons. The SMILES string of the molecule is C[Si](C)(C)C#Cc1ccc(NC2CCCC2C#N)cc1. The minimum atomic E-state index is -1.31. The van der Waals surface area contributed by atoms with Crippen LogP contribution in [0.25, 0.3) is 0 Å². The van der Waals surface area contributed by atoms with Gasteiger partial charge in [0.15, 0.2) is 0 Å². The van der Waals surface area contributed by atoms with E-state index < -0.39 is 8.07 Å². The van der Waals surface area contributed by atoms with Crippen LogP contribution < -0.4 is 5.32 Å². The van der Waals surface area contributed by atoms with Gasteiger partial charge in [-0.1, -0.05) is 25.6 Å². The Balaban J connectivity index is 2.02. The van der Waals surface area contributed by atoms with Crippen LogP contribution >= 0.6 is 0 Å². The van der Waals surface area contributed by atoms with E-state index in [1.807, 2.05) is 0 Å². The van der Waals surface area contributed by atoms with E-state index in [0.717, 1.165) is 30.5 Å². The van der Waals surface area contributed by atoms with E-state index in [1.54, 1.807) is 0 Å². The first-order valence-corrected chi connectivity index (χ1v) is 10.8. The molecular formula is C17H22N2Si. The lowest BCUT2D eigenvalue weighted by molar-refractivity contribution is 0.630. The normalized spacial score (nSPS) is 21.7. The van der Waals surface area contributed by atoms with Crippen molar-refractivity contribution in [3.05, 3.63) is 29.8 Å². The molecule has 0 bridgehead atoms. The van der Waals surface area contributed by atoms with Crippen LogP contribution in [0.2, 0.25) is 19.6 Å². The van der Waals surface area contributed by atoms with Gasteiger partial charge in [0.05, 0.1) is 12.0 Å². The maximum Gasteiger partial charge on any atom is 0.129 e. The third-order valence-corrected chi connectivity index (χ3v) is 4.38. The number of rotatable bonds is 2. The number of hydrogen-bond acceptors (Lipinski definition) is 2. The van der Waals surface area contributed by atoms with E-state index in [2.05, 4.69) is 66.8 Å². The maximum atomic E-state index is 9.10. The van der Waals surface area contributed by atoms with Crippen molar-refractivity contribution in [1.29, 1.82) is 5.26 Å². The molecule has 2 atom stereocenters. The predicted octanol–water partition coefficient (Wildman–Crippen LogP) is 4.02. The van der Waals surface area contributed by atoms with E-state index in [9.17, 15) is 0 Å². The molecule has 0 spiro atoms. The summed E-state index contributed by atoms with van der Waals surface area (Å²) in [7, 11) is -1.31. The number of nitriles is 1. The van der Waals surface area contributed by atoms with Crippen LogP contribution in [0.3, 0.4) is 0 Å². The molecule has 3 heteroatoms. The second-order valence-electron chi connectivity index (χ2n) is 6.49. The topological polar surface area (TPSA) is 35.8 Å². The molecule has 1 N–H and O–H groups in total. The highest BCUT2D eigenvalue weighted by Crippen LogP contribution is 2.27. The summed E-state index contributed by atoms with van der Waals surface area (Å²) >= 11 is 0. The molecule has 0 amide bonds.